The first kappa shape index (κ1) is 16.7. The molecule has 1 aromatic rings. The minimum Gasteiger partial charge on any atom is -0.258 e. The summed E-state index contributed by atoms with van der Waals surface area (Å²) in [4.78, 5) is 9.61. The molecule has 6 nitrogen and oxygen atoms in total. The topological polar surface area (TPSA) is 89.3 Å². The van der Waals surface area contributed by atoms with Gasteiger partial charge in [-0.25, -0.2) is 13.1 Å². The Labute approximate surface area is 126 Å². The van der Waals surface area contributed by atoms with E-state index in [4.69, 9.17) is 23.2 Å². The van der Waals surface area contributed by atoms with Gasteiger partial charge >= 0.3 is 5.69 Å². The highest BCUT2D eigenvalue weighted by atomic mass is 35.5. The lowest BCUT2D eigenvalue weighted by atomic mass is 10.3. The molecule has 108 valence electrons. The van der Waals surface area contributed by atoms with Crippen molar-refractivity contribution in [1.29, 1.82) is 0 Å². The summed E-state index contributed by atoms with van der Waals surface area (Å²) >= 11 is 11.4. The van der Waals surface area contributed by atoms with E-state index in [0.29, 0.717) is 6.42 Å². The normalized spacial score (nSPS) is 10.8. The van der Waals surface area contributed by atoms with Crippen LogP contribution in [0.5, 0.6) is 0 Å². The third kappa shape index (κ3) is 3.84. The third-order valence-electron chi connectivity index (χ3n) is 2.22. The first-order chi connectivity index (χ1) is 9.31. The summed E-state index contributed by atoms with van der Waals surface area (Å²) in [5, 5.41) is 10.1. The summed E-state index contributed by atoms with van der Waals surface area (Å²) < 4.78 is 26.2. The number of nitro benzene ring substituents is 1. The highest BCUT2D eigenvalue weighted by Gasteiger charge is 2.27. The second-order valence-electron chi connectivity index (χ2n) is 3.54. The summed E-state index contributed by atoms with van der Waals surface area (Å²) in [6.07, 6.45) is 0.322. The van der Waals surface area contributed by atoms with Crippen LogP contribution in [-0.4, -0.2) is 19.9 Å². The van der Waals surface area contributed by atoms with Crippen LogP contribution in [0.3, 0.4) is 0 Å². The number of hydrogen-bond acceptors (Lipinski definition) is 4. The Bertz CT molecular complexity index is 692. The standard InChI is InChI=1S/C11H10Cl2N2O4S/c1-2-3-4-7-14-20(18,19)9-6-5-8(12)11(10(9)13)15(16)17/h5-6,14H,4,7H2,1H3. The van der Waals surface area contributed by atoms with Crippen LogP contribution in [0.1, 0.15) is 13.3 Å². The van der Waals surface area contributed by atoms with Crippen LogP contribution in [0.4, 0.5) is 5.69 Å². The van der Waals surface area contributed by atoms with Crippen LogP contribution in [0.2, 0.25) is 10.0 Å². The van der Waals surface area contributed by atoms with Gasteiger partial charge in [-0.1, -0.05) is 23.2 Å². The maximum Gasteiger partial charge on any atom is 0.307 e. The lowest BCUT2D eigenvalue weighted by Crippen LogP contribution is -2.25. The predicted molar refractivity (Wildman–Crippen MR) is 76.4 cm³/mol. The molecule has 0 bridgehead atoms. The minimum atomic E-state index is -3.96. The van der Waals surface area contributed by atoms with Crippen LogP contribution in [0.15, 0.2) is 17.0 Å². The number of nitro groups is 1. The number of nitrogens with one attached hydrogen (secondary N) is 1. The average Bonchev–Trinajstić information content (AvgIpc) is 2.34. The fraction of sp³-hybridized carbons (Fsp3) is 0.273. The Balaban J connectivity index is 3.15. The molecule has 0 saturated heterocycles. The molecule has 20 heavy (non-hydrogen) atoms. The zero-order valence-electron chi connectivity index (χ0n) is 10.3. The fourth-order valence-corrected chi connectivity index (χ4v) is 3.27. The Morgan fingerprint density at radius 2 is 2.05 bits per heavy atom. The van der Waals surface area contributed by atoms with Gasteiger partial charge in [-0.3, -0.25) is 10.1 Å². The number of hydrogen-bond donors (Lipinski definition) is 1. The Kier molecular flexibility index (Phi) is 5.77. The van der Waals surface area contributed by atoms with Gasteiger partial charge in [0.2, 0.25) is 10.0 Å². The Hall–Kier alpha value is -1.33. The summed E-state index contributed by atoms with van der Waals surface area (Å²) in [6.45, 7) is 1.71. The lowest BCUT2D eigenvalue weighted by Gasteiger charge is -2.08. The molecular weight excluding hydrogens is 327 g/mol. The minimum absolute atomic E-state index is 0.0793. The zero-order chi connectivity index (χ0) is 15.3. The second-order valence-corrected chi connectivity index (χ2v) is 6.06. The number of rotatable bonds is 5. The molecule has 0 amide bonds. The van der Waals surface area contributed by atoms with Gasteiger partial charge in [-0.2, -0.15) is 0 Å². The van der Waals surface area contributed by atoms with Gasteiger partial charge in [-0.05, 0) is 19.1 Å². The van der Waals surface area contributed by atoms with E-state index in [0.717, 1.165) is 12.1 Å². The largest absolute Gasteiger partial charge is 0.307 e. The van der Waals surface area contributed by atoms with Crippen molar-refractivity contribution >= 4 is 38.9 Å². The fourth-order valence-electron chi connectivity index (χ4n) is 1.35. The van der Waals surface area contributed by atoms with Crippen molar-refractivity contribution in [2.75, 3.05) is 6.54 Å². The maximum absolute atomic E-state index is 12.0. The van der Waals surface area contributed by atoms with Crippen molar-refractivity contribution in [2.24, 2.45) is 0 Å². The number of halogens is 2. The molecule has 1 N–H and O–H groups in total. The molecule has 0 radical (unpaired) electrons. The first-order valence-electron chi connectivity index (χ1n) is 5.33. The lowest BCUT2D eigenvalue weighted by molar-refractivity contribution is -0.384. The van der Waals surface area contributed by atoms with E-state index in [9.17, 15) is 18.5 Å². The second kappa shape index (κ2) is 6.90. The van der Waals surface area contributed by atoms with E-state index in [-0.39, 0.29) is 16.5 Å². The summed E-state index contributed by atoms with van der Waals surface area (Å²) in [6, 6.07) is 2.23. The first-order valence-corrected chi connectivity index (χ1v) is 7.57. The van der Waals surface area contributed by atoms with Gasteiger partial charge in [0.1, 0.15) is 14.9 Å². The molecule has 0 spiro atoms. The van der Waals surface area contributed by atoms with Crippen molar-refractivity contribution in [3.63, 3.8) is 0 Å². The quantitative estimate of drug-likeness (QED) is 0.387. The molecule has 0 heterocycles. The molecule has 0 unspecified atom stereocenters. The maximum atomic E-state index is 12.0. The number of nitrogens with zero attached hydrogens (tertiary/aromatic N) is 1. The zero-order valence-corrected chi connectivity index (χ0v) is 12.6. The van der Waals surface area contributed by atoms with Gasteiger partial charge in [0, 0.05) is 13.0 Å². The molecule has 0 aromatic heterocycles. The Morgan fingerprint density at radius 1 is 1.40 bits per heavy atom. The molecule has 1 rings (SSSR count). The monoisotopic (exact) mass is 336 g/mol. The number of benzene rings is 1. The van der Waals surface area contributed by atoms with Crippen molar-refractivity contribution < 1.29 is 13.3 Å². The van der Waals surface area contributed by atoms with Crippen LogP contribution in [-0.2, 0) is 10.0 Å². The molecule has 0 aliphatic rings. The summed E-state index contributed by atoms with van der Waals surface area (Å²) in [5.41, 5.74) is -0.635. The van der Waals surface area contributed by atoms with Gasteiger partial charge in [0.25, 0.3) is 0 Å². The average molecular weight is 337 g/mol. The molecular formula is C11H10Cl2N2O4S. The van der Waals surface area contributed by atoms with Crippen molar-refractivity contribution in [3.8, 4) is 11.8 Å². The highest BCUT2D eigenvalue weighted by molar-refractivity contribution is 7.89. The van der Waals surface area contributed by atoms with Crippen molar-refractivity contribution in [1.82, 2.24) is 4.72 Å². The Morgan fingerprint density at radius 3 is 2.60 bits per heavy atom. The van der Waals surface area contributed by atoms with Crippen molar-refractivity contribution in [2.45, 2.75) is 18.2 Å². The van der Waals surface area contributed by atoms with E-state index < -0.39 is 25.7 Å². The van der Waals surface area contributed by atoms with Crippen LogP contribution in [0, 0.1) is 22.0 Å². The van der Waals surface area contributed by atoms with E-state index in [1.165, 1.54) is 0 Å². The van der Waals surface area contributed by atoms with Gasteiger partial charge in [-0.15, -0.1) is 11.8 Å². The van der Waals surface area contributed by atoms with E-state index >= 15 is 0 Å². The molecule has 0 aliphatic heterocycles. The van der Waals surface area contributed by atoms with E-state index in [1.807, 2.05) is 0 Å². The highest BCUT2D eigenvalue weighted by Crippen LogP contribution is 2.36. The van der Waals surface area contributed by atoms with Gasteiger partial charge < -0.3 is 0 Å². The molecule has 1 aromatic carbocycles. The van der Waals surface area contributed by atoms with Gasteiger partial charge in [0.05, 0.1) is 4.92 Å². The third-order valence-corrected chi connectivity index (χ3v) is 4.53. The summed E-state index contributed by atoms with van der Waals surface area (Å²) in [7, 11) is -3.96. The smallest absolute Gasteiger partial charge is 0.258 e. The molecule has 0 atom stereocenters. The van der Waals surface area contributed by atoms with E-state index in [1.54, 1.807) is 6.92 Å². The van der Waals surface area contributed by atoms with Crippen LogP contribution >= 0.6 is 23.2 Å². The molecule has 0 fully saturated rings. The van der Waals surface area contributed by atoms with E-state index in [2.05, 4.69) is 16.6 Å². The van der Waals surface area contributed by atoms with Crippen molar-refractivity contribution in [3.05, 3.63) is 32.3 Å². The predicted octanol–water partition coefficient (Wildman–Crippen LogP) is 2.59. The molecule has 0 aliphatic carbocycles. The summed E-state index contributed by atoms with van der Waals surface area (Å²) in [5.74, 6) is 5.31. The molecule has 9 heteroatoms. The number of sulfonamides is 1. The van der Waals surface area contributed by atoms with Gasteiger partial charge in [0.15, 0.2) is 0 Å². The molecule has 0 saturated carbocycles. The van der Waals surface area contributed by atoms with Crippen LogP contribution < -0.4 is 4.72 Å². The SMILES string of the molecule is CC#CCCNS(=O)(=O)c1ccc(Cl)c([N+](=O)[O-])c1Cl. The van der Waals surface area contributed by atoms with Crippen LogP contribution in [0.25, 0.3) is 0 Å².